The lowest BCUT2D eigenvalue weighted by Crippen LogP contribution is -2.31. The number of hydrogen-bond acceptors (Lipinski definition) is 4. The first kappa shape index (κ1) is 21.6. The first-order valence-electron chi connectivity index (χ1n) is 10.7. The van der Waals surface area contributed by atoms with Crippen LogP contribution in [0.2, 0.25) is 0 Å². The largest absolute Gasteiger partial charge is 0.490 e. The predicted molar refractivity (Wildman–Crippen MR) is 118 cm³/mol. The smallest absolute Gasteiger partial charge is 0.319 e. The summed E-state index contributed by atoms with van der Waals surface area (Å²) in [5.41, 5.74) is 2.71. The van der Waals surface area contributed by atoms with Crippen molar-refractivity contribution in [2.75, 3.05) is 13.7 Å². The quantitative estimate of drug-likeness (QED) is 0.664. The Morgan fingerprint density at radius 2 is 1.76 bits per heavy atom. The van der Waals surface area contributed by atoms with Gasteiger partial charge in [-0.1, -0.05) is 45.0 Å². The number of carbonyl (C=O) groups excluding carboxylic acids is 1. The molecule has 1 fully saturated rings. The molecule has 0 heterocycles. The van der Waals surface area contributed by atoms with E-state index >= 15 is 0 Å². The second kappa shape index (κ2) is 9.17. The molecule has 0 aliphatic heterocycles. The molecule has 0 bridgehead atoms. The molecule has 29 heavy (non-hydrogen) atoms. The number of methoxy groups -OCH3 is 1. The highest BCUT2D eigenvalue weighted by atomic mass is 16.5. The van der Waals surface area contributed by atoms with Gasteiger partial charge in [-0.05, 0) is 66.3 Å². The molecule has 1 aliphatic rings. The zero-order valence-electron chi connectivity index (χ0n) is 18.5. The number of aryl methyl sites for hydroxylation is 1. The third-order valence-electron chi connectivity index (χ3n) is 6.31. The monoisotopic (exact) mass is 397 g/mol. The Labute approximate surface area is 175 Å². The number of rotatable bonds is 6. The molecule has 0 amide bonds. The number of nitrogens with one attached hydrogen (secondary N) is 1. The topological polar surface area (TPSA) is 47.6 Å². The van der Waals surface area contributed by atoms with Crippen molar-refractivity contribution in [3.05, 3.63) is 41.5 Å². The maximum atomic E-state index is 11.5. The van der Waals surface area contributed by atoms with Crippen LogP contribution in [0.3, 0.4) is 0 Å². The highest BCUT2D eigenvalue weighted by Gasteiger charge is 2.30. The zero-order chi connectivity index (χ0) is 21.0. The molecule has 0 aromatic heterocycles. The first-order valence-corrected chi connectivity index (χ1v) is 10.7. The van der Waals surface area contributed by atoms with Gasteiger partial charge in [0.25, 0.3) is 0 Å². The zero-order valence-corrected chi connectivity index (χ0v) is 18.5. The van der Waals surface area contributed by atoms with Crippen LogP contribution in [0.1, 0.15) is 57.6 Å². The number of esters is 1. The molecule has 0 atom stereocenters. The van der Waals surface area contributed by atoms with E-state index in [4.69, 9.17) is 9.47 Å². The van der Waals surface area contributed by atoms with Crippen LogP contribution in [0.5, 0.6) is 5.75 Å². The van der Waals surface area contributed by atoms with Crippen LogP contribution in [-0.2, 0) is 16.1 Å². The van der Waals surface area contributed by atoms with Crippen LogP contribution in [0, 0.1) is 18.3 Å². The van der Waals surface area contributed by atoms with Crippen molar-refractivity contribution in [3.8, 4) is 5.75 Å². The fourth-order valence-electron chi connectivity index (χ4n) is 4.46. The minimum atomic E-state index is -0.260. The molecule has 2 aromatic rings. The van der Waals surface area contributed by atoms with E-state index in [1.165, 1.54) is 36.3 Å². The molecule has 1 saturated carbocycles. The first-order chi connectivity index (χ1) is 13.8. The highest BCUT2D eigenvalue weighted by molar-refractivity contribution is 5.90. The van der Waals surface area contributed by atoms with Crippen LogP contribution in [0.4, 0.5) is 0 Å². The third kappa shape index (κ3) is 5.30. The van der Waals surface area contributed by atoms with E-state index < -0.39 is 0 Å². The number of carbonyl (C=O) groups is 1. The second-order valence-corrected chi connectivity index (χ2v) is 9.35. The van der Waals surface area contributed by atoms with Gasteiger partial charge in [-0.2, -0.15) is 0 Å². The number of fused-ring (bicyclic) bond motifs is 1. The minimum Gasteiger partial charge on any atom is -0.490 e. The third-order valence-corrected chi connectivity index (χ3v) is 6.31. The maximum absolute atomic E-state index is 11.5. The van der Waals surface area contributed by atoms with Crippen LogP contribution in [-0.4, -0.2) is 25.7 Å². The molecule has 0 saturated heterocycles. The van der Waals surface area contributed by atoms with E-state index in [1.807, 2.05) is 0 Å². The Morgan fingerprint density at radius 3 is 2.38 bits per heavy atom. The summed E-state index contributed by atoms with van der Waals surface area (Å²) in [6, 6.07) is 10.6. The van der Waals surface area contributed by atoms with Crippen LogP contribution >= 0.6 is 0 Å². The van der Waals surface area contributed by atoms with Crippen molar-refractivity contribution >= 4 is 16.7 Å². The van der Waals surface area contributed by atoms with Gasteiger partial charge in [-0.15, -0.1) is 0 Å². The Morgan fingerprint density at radius 1 is 1.10 bits per heavy atom. The van der Waals surface area contributed by atoms with Crippen molar-refractivity contribution in [1.29, 1.82) is 0 Å². The van der Waals surface area contributed by atoms with E-state index in [9.17, 15) is 4.79 Å². The number of hydrogen-bond donors (Lipinski definition) is 1. The minimum absolute atomic E-state index is 0.189. The van der Waals surface area contributed by atoms with E-state index in [0.717, 1.165) is 30.1 Å². The SMILES string of the molecule is COC(=O)CNCc1c(OC2CCC(C(C)(C)C)CC2)cc(C)c2ccccc12. The second-order valence-electron chi connectivity index (χ2n) is 9.35. The molecule has 0 spiro atoms. The van der Waals surface area contributed by atoms with Gasteiger partial charge in [0.15, 0.2) is 0 Å². The number of ether oxygens (including phenoxy) is 2. The molecule has 1 aliphatic carbocycles. The van der Waals surface area contributed by atoms with Gasteiger partial charge in [-0.3, -0.25) is 4.79 Å². The average Bonchev–Trinajstić information content (AvgIpc) is 2.70. The van der Waals surface area contributed by atoms with Gasteiger partial charge in [0.05, 0.1) is 19.8 Å². The average molecular weight is 398 g/mol. The molecule has 4 heteroatoms. The summed E-state index contributed by atoms with van der Waals surface area (Å²) < 4.78 is 11.3. The fraction of sp³-hybridized carbons (Fsp3) is 0.560. The van der Waals surface area contributed by atoms with Crippen LogP contribution in [0.25, 0.3) is 10.8 Å². The molecule has 3 rings (SSSR count). The van der Waals surface area contributed by atoms with Gasteiger partial charge in [0.1, 0.15) is 5.75 Å². The van der Waals surface area contributed by atoms with E-state index in [1.54, 1.807) is 0 Å². The Hall–Kier alpha value is -2.07. The van der Waals surface area contributed by atoms with Gasteiger partial charge < -0.3 is 14.8 Å². The van der Waals surface area contributed by atoms with Gasteiger partial charge in [0, 0.05) is 12.1 Å². The fourth-order valence-corrected chi connectivity index (χ4v) is 4.46. The molecule has 0 radical (unpaired) electrons. The molecule has 0 unspecified atom stereocenters. The molecule has 2 aromatic carbocycles. The molecule has 158 valence electrons. The predicted octanol–water partition coefficient (Wildman–Crippen LogP) is 5.39. The van der Waals surface area contributed by atoms with E-state index in [0.29, 0.717) is 12.0 Å². The lowest BCUT2D eigenvalue weighted by Gasteiger charge is -2.37. The van der Waals surface area contributed by atoms with Crippen molar-refractivity contribution in [2.45, 2.75) is 66.0 Å². The summed E-state index contributed by atoms with van der Waals surface area (Å²) in [4.78, 5) is 11.5. The summed E-state index contributed by atoms with van der Waals surface area (Å²) in [7, 11) is 1.41. The summed E-state index contributed by atoms with van der Waals surface area (Å²) in [6.07, 6.45) is 4.90. The van der Waals surface area contributed by atoms with E-state index in [-0.39, 0.29) is 18.6 Å². The van der Waals surface area contributed by atoms with Crippen LogP contribution < -0.4 is 10.1 Å². The Bertz CT molecular complexity index is 845. The summed E-state index contributed by atoms with van der Waals surface area (Å²) in [6.45, 7) is 9.93. The normalized spacial score (nSPS) is 19.9. The van der Waals surface area contributed by atoms with Gasteiger partial charge in [0.2, 0.25) is 0 Å². The van der Waals surface area contributed by atoms with Crippen LogP contribution in [0.15, 0.2) is 30.3 Å². The molecule has 4 nitrogen and oxygen atoms in total. The lowest BCUT2D eigenvalue weighted by molar-refractivity contribution is -0.139. The molecular weight excluding hydrogens is 362 g/mol. The van der Waals surface area contributed by atoms with E-state index in [2.05, 4.69) is 63.3 Å². The Kier molecular flexibility index (Phi) is 6.84. The van der Waals surface area contributed by atoms with Gasteiger partial charge in [-0.25, -0.2) is 0 Å². The molecular formula is C25H35NO3. The van der Waals surface area contributed by atoms with Crippen molar-refractivity contribution in [1.82, 2.24) is 5.32 Å². The number of benzene rings is 2. The van der Waals surface area contributed by atoms with Crippen molar-refractivity contribution < 1.29 is 14.3 Å². The maximum Gasteiger partial charge on any atom is 0.319 e. The lowest BCUT2D eigenvalue weighted by atomic mass is 9.72. The van der Waals surface area contributed by atoms with Crippen molar-refractivity contribution in [3.63, 3.8) is 0 Å². The summed E-state index contributed by atoms with van der Waals surface area (Å²) in [5, 5.41) is 5.63. The Balaban J connectivity index is 1.81. The summed E-state index contributed by atoms with van der Waals surface area (Å²) >= 11 is 0. The highest BCUT2D eigenvalue weighted by Crippen LogP contribution is 2.40. The van der Waals surface area contributed by atoms with Crippen molar-refractivity contribution in [2.24, 2.45) is 11.3 Å². The van der Waals surface area contributed by atoms with Gasteiger partial charge >= 0.3 is 5.97 Å². The molecule has 1 N–H and O–H groups in total. The standard InChI is InChI=1S/C25H35NO3/c1-17-14-23(29-19-12-10-18(11-13-19)25(2,3)4)22(15-26-16-24(27)28-5)21-9-7-6-8-20(17)21/h6-9,14,18-19,26H,10-13,15-16H2,1-5H3. The summed E-state index contributed by atoms with van der Waals surface area (Å²) in [5.74, 6) is 1.45.